The zero-order valence-electron chi connectivity index (χ0n) is 11.6. The van der Waals surface area contributed by atoms with Gasteiger partial charge < -0.3 is 10.1 Å². The molecule has 0 saturated carbocycles. The minimum absolute atomic E-state index is 0.259. The van der Waals surface area contributed by atoms with Gasteiger partial charge in [-0.05, 0) is 31.3 Å². The summed E-state index contributed by atoms with van der Waals surface area (Å²) >= 11 is 5.34. The molecule has 0 aliphatic heterocycles. The van der Waals surface area contributed by atoms with Crippen LogP contribution in [0.3, 0.4) is 0 Å². The zero-order valence-corrected chi connectivity index (χ0v) is 14.0. The van der Waals surface area contributed by atoms with Gasteiger partial charge in [-0.25, -0.2) is 0 Å². The molecule has 0 amide bonds. The number of hydrogen-bond donors (Lipinski definition) is 1. The van der Waals surface area contributed by atoms with Crippen LogP contribution in [0.1, 0.15) is 11.6 Å². The Bertz CT molecular complexity index is 562. The molecule has 4 heteroatoms. The van der Waals surface area contributed by atoms with Crippen molar-refractivity contribution in [1.82, 2.24) is 5.32 Å². The van der Waals surface area contributed by atoms with Crippen molar-refractivity contribution in [2.45, 2.75) is 10.9 Å². The van der Waals surface area contributed by atoms with Crippen molar-refractivity contribution in [3.05, 3.63) is 58.6 Å². The van der Waals surface area contributed by atoms with E-state index in [1.54, 1.807) is 7.11 Å². The maximum Gasteiger partial charge on any atom is 0.123 e. The molecule has 20 heavy (non-hydrogen) atoms. The quantitative estimate of drug-likeness (QED) is 0.773. The normalized spacial score (nSPS) is 12.2. The fourth-order valence-electron chi connectivity index (χ4n) is 2.02. The summed E-state index contributed by atoms with van der Waals surface area (Å²) in [5.74, 6) is 1.88. The number of thioether (sulfide) groups is 1. The number of methoxy groups -OCH3 is 1. The van der Waals surface area contributed by atoms with Crippen LogP contribution in [-0.2, 0) is 0 Å². The Morgan fingerprint density at radius 1 is 1.20 bits per heavy atom. The van der Waals surface area contributed by atoms with Crippen LogP contribution in [-0.4, -0.2) is 19.9 Å². The number of halogens is 1. The van der Waals surface area contributed by atoms with Gasteiger partial charge >= 0.3 is 0 Å². The highest BCUT2D eigenvalue weighted by atomic mass is 79.9. The molecule has 0 spiro atoms. The van der Waals surface area contributed by atoms with Crippen LogP contribution in [0.5, 0.6) is 5.75 Å². The average Bonchev–Trinajstić information content (AvgIpc) is 2.48. The van der Waals surface area contributed by atoms with Crippen LogP contribution in [0.25, 0.3) is 0 Å². The first-order chi connectivity index (χ1) is 9.74. The standard InChI is InChI=1S/C16H18BrNOS/c1-18-15(14-8-3-4-9-16(14)19-2)11-20-13-7-5-6-12(17)10-13/h3-10,15,18H,11H2,1-2H3. The molecule has 0 bridgehead atoms. The highest BCUT2D eigenvalue weighted by Crippen LogP contribution is 2.30. The van der Waals surface area contributed by atoms with Crippen LogP contribution in [0.15, 0.2) is 57.9 Å². The van der Waals surface area contributed by atoms with E-state index >= 15 is 0 Å². The van der Waals surface area contributed by atoms with Crippen LogP contribution < -0.4 is 10.1 Å². The first kappa shape index (κ1) is 15.4. The van der Waals surface area contributed by atoms with E-state index in [2.05, 4.69) is 45.5 Å². The Labute approximate surface area is 133 Å². The minimum Gasteiger partial charge on any atom is -0.496 e. The Morgan fingerprint density at radius 3 is 2.70 bits per heavy atom. The molecule has 0 fully saturated rings. The topological polar surface area (TPSA) is 21.3 Å². The summed E-state index contributed by atoms with van der Waals surface area (Å²) in [5, 5.41) is 3.37. The van der Waals surface area contributed by atoms with Gasteiger partial charge in [0.15, 0.2) is 0 Å². The molecule has 2 aromatic rings. The van der Waals surface area contributed by atoms with Crippen molar-refractivity contribution < 1.29 is 4.74 Å². The maximum atomic E-state index is 5.44. The third-order valence-corrected chi connectivity index (χ3v) is 4.66. The summed E-state index contributed by atoms with van der Waals surface area (Å²) in [7, 11) is 3.70. The molecular formula is C16H18BrNOS. The predicted molar refractivity (Wildman–Crippen MR) is 89.7 cm³/mol. The van der Waals surface area contributed by atoms with Gasteiger partial charge in [0.1, 0.15) is 5.75 Å². The van der Waals surface area contributed by atoms with Crippen molar-refractivity contribution in [3.8, 4) is 5.75 Å². The summed E-state index contributed by atoms with van der Waals surface area (Å²) in [5.41, 5.74) is 1.19. The highest BCUT2D eigenvalue weighted by molar-refractivity contribution is 9.10. The fraction of sp³-hybridized carbons (Fsp3) is 0.250. The first-order valence-electron chi connectivity index (χ1n) is 6.43. The van der Waals surface area contributed by atoms with E-state index in [0.29, 0.717) is 0 Å². The second kappa shape index (κ2) is 7.72. The Kier molecular flexibility index (Phi) is 5.95. The maximum absolute atomic E-state index is 5.44. The smallest absolute Gasteiger partial charge is 0.123 e. The van der Waals surface area contributed by atoms with E-state index in [1.807, 2.05) is 43.1 Å². The van der Waals surface area contributed by atoms with Gasteiger partial charge in [0.25, 0.3) is 0 Å². The van der Waals surface area contributed by atoms with Gasteiger partial charge in [-0.3, -0.25) is 0 Å². The number of ether oxygens (including phenoxy) is 1. The summed E-state index contributed by atoms with van der Waals surface area (Å²) in [6.07, 6.45) is 0. The van der Waals surface area contributed by atoms with E-state index in [0.717, 1.165) is 16.0 Å². The minimum atomic E-state index is 0.259. The molecule has 2 aromatic carbocycles. The van der Waals surface area contributed by atoms with E-state index in [1.165, 1.54) is 10.5 Å². The van der Waals surface area contributed by atoms with Crippen molar-refractivity contribution in [2.24, 2.45) is 0 Å². The molecule has 1 N–H and O–H groups in total. The average molecular weight is 352 g/mol. The Balaban J connectivity index is 2.09. The summed E-state index contributed by atoms with van der Waals surface area (Å²) in [4.78, 5) is 1.26. The summed E-state index contributed by atoms with van der Waals surface area (Å²) < 4.78 is 6.55. The van der Waals surface area contributed by atoms with Gasteiger partial charge in [-0.15, -0.1) is 11.8 Å². The number of rotatable bonds is 6. The predicted octanol–water partition coefficient (Wildman–Crippen LogP) is 4.51. The zero-order chi connectivity index (χ0) is 14.4. The molecule has 0 radical (unpaired) electrons. The molecule has 0 aliphatic carbocycles. The Hall–Kier alpha value is -0.970. The molecule has 1 unspecified atom stereocenters. The molecule has 1 atom stereocenters. The van der Waals surface area contributed by atoms with Crippen molar-refractivity contribution in [1.29, 1.82) is 0 Å². The van der Waals surface area contributed by atoms with Crippen LogP contribution in [0.2, 0.25) is 0 Å². The lowest BCUT2D eigenvalue weighted by Crippen LogP contribution is -2.19. The lowest BCUT2D eigenvalue weighted by atomic mass is 10.1. The van der Waals surface area contributed by atoms with Crippen LogP contribution >= 0.6 is 27.7 Å². The third kappa shape index (κ3) is 4.01. The Morgan fingerprint density at radius 2 is 2.00 bits per heavy atom. The van der Waals surface area contributed by atoms with Crippen molar-refractivity contribution in [3.63, 3.8) is 0 Å². The van der Waals surface area contributed by atoms with Gasteiger partial charge in [-0.2, -0.15) is 0 Å². The van der Waals surface area contributed by atoms with Gasteiger partial charge in [0.05, 0.1) is 7.11 Å². The van der Waals surface area contributed by atoms with Crippen LogP contribution in [0, 0.1) is 0 Å². The van der Waals surface area contributed by atoms with E-state index < -0.39 is 0 Å². The van der Waals surface area contributed by atoms with E-state index in [-0.39, 0.29) is 6.04 Å². The third-order valence-electron chi connectivity index (χ3n) is 3.08. The van der Waals surface area contributed by atoms with Crippen LogP contribution in [0.4, 0.5) is 0 Å². The lowest BCUT2D eigenvalue weighted by Gasteiger charge is -2.19. The van der Waals surface area contributed by atoms with Crippen molar-refractivity contribution >= 4 is 27.7 Å². The summed E-state index contributed by atoms with van der Waals surface area (Å²) in [6, 6.07) is 16.8. The molecular weight excluding hydrogens is 334 g/mol. The van der Waals surface area contributed by atoms with Gasteiger partial charge in [0.2, 0.25) is 0 Å². The molecule has 0 aromatic heterocycles. The first-order valence-corrected chi connectivity index (χ1v) is 8.21. The largest absolute Gasteiger partial charge is 0.496 e. The number of hydrogen-bond acceptors (Lipinski definition) is 3. The second-order valence-corrected chi connectivity index (χ2v) is 6.36. The SMILES string of the molecule is CNC(CSc1cccc(Br)c1)c1ccccc1OC. The number of benzene rings is 2. The monoisotopic (exact) mass is 351 g/mol. The van der Waals surface area contributed by atoms with E-state index in [4.69, 9.17) is 4.74 Å². The van der Waals surface area contributed by atoms with Gasteiger partial charge in [0, 0.05) is 26.7 Å². The van der Waals surface area contributed by atoms with E-state index in [9.17, 15) is 0 Å². The second-order valence-electron chi connectivity index (χ2n) is 4.35. The molecule has 106 valence electrons. The lowest BCUT2D eigenvalue weighted by molar-refractivity contribution is 0.404. The molecule has 0 aliphatic rings. The fourth-order valence-corrected chi connectivity index (χ4v) is 3.66. The highest BCUT2D eigenvalue weighted by Gasteiger charge is 2.14. The molecule has 2 nitrogen and oxygen atoms in total. The molecule has 0 heterocycles. The number of para-hydroxylation sites is 1. The molecule has 2 rings (SSSR count). The van der Waals surface area contributed by atoms with Crippen molar-refractivity contribution in [2.75, 3.05) is 19.9 Å². The van der Waals surface area contributed by atoms with Gasteiger partial charge in [-0.1, -0.05) is 40.2 Å². The summed E-state index contributed by atoms with van der Waals surface area (Å²) in [6.45, 7) is 0. The molecule has 0 saturated heterocycles. The number of nitrogens with one attached hydrogen (secondary N) is 1.